The SMILES string of the molecule is CCCCc1nc(O)c(S(=O)(=O)C2CCN(C)CC2)c(=O)n1-c1c(OC)cccc1OC. The van der Waals surface area contributed by atoms with Gasteiger partial charge in [-0.05, 0) is 51.5 Å². The predicted octanol–water partition coefficient (Wildman–Crippen LogP) is 2.17. The molecule has 1 saturated heterocycles. The number of nitrogens with zero attached hydrogens (tertiary/aromatic N) is 3. The van der Waals surface area contributed by atoms with E-state index >= 15 is 0 Å². The first-order valence-corrected chi connectivity index (χ1v) is 12.3. The van der Waals surface area contributed by atoms with E-state index in [4.69, 9.17) is 9.47 Å². The van der Waals surface area contributed by atoms with Crippen LogP contribution >= 0.6 is 0 Å². The second-order valence-electron chi connectivity index (χ2n) is 7.98. The molecule has 32 heavy (non-hydrogen) atoms. The summed E-state index contributed by atoms with van der Waals surface area (Å²) in [6, 6.07) is 5.03. The Morgan fingerprint density at radius 2 is 1.75 bits per heavy atom. The molecule has 1 fully saturated rings. The zero-order valence-electron chi connectivity index (χ0n) is 19.0. The Hall–Kier alpha value is -2.59. The lowest BCUT2D eigenvalue weighted by molar-refractivity contribution is 0.277. The van der Waals surface area contributed by atoms with Gasteiger partial charge in [-0.25, -0.2) is 8.42 Å². The van der Waals surface area contributed by atoms with Crippen molar-refractivity contribution in [1.29, 1.82) is 0 Å². The monoisotopic (exact) mass is 465 g/mol. The molecular formula is C22H31N3O6S. The van der Waals surface area contributed by atoms with Crippen LogP contribution in [0.5, 0.6) is 17.4 Å². The highest BCUT2D eigenvalue weighted by Gasteiger charge is 2.37. The summed E-state index contributed by atoms with van der Waals surface area (Å²) < 4.78 is 39.0. The molecular weight excluding hydrogens is 434 g/mol. The molecule has 1 N–H and O–H groups in total. The van der Waals surface area contributed by atoms with Crippen molar-refractivity contribution in [1.82, 2.24) is 14.5 Å². The number of aromatic nitrogens is 2. The molecule has 0 aliphatic carbocycles. The number of likely N-dealkylation sites (tertiary alicyclic amines) is 1. The molecule has 0 spiro atoms. The van der Waals surface area contributed by atoms with Gasteiger partial charge in [-0.1, -0.05) is 19.4 Å². The lowest BCUT2D eigenvalue weighted by atomic mass is 10.1. The van der Waals surface area contributed by atoms with Crippen LogP contribution in [0.4, 0.5) is 0 Å². The molecule has 176 valence electrons. The Balaban J connectivity index is 2.29. The third-order valence-corrected chi connectivity index (χ3v) is 8.14. The van der Waals surface area contributed by atoms with E-state index in [1.165, 1.54) is 18.8 Å². The first-order valence-electron chi connectivity index (χ1n) is 10.7. The second kappa shape index (κ2) is 9.91. The minimum absolute atomic E-state index is 0.250. The normalized spacial score (nSPS) is 15.6. The summed E-state index contributed by atoms with van der Waals surface area (Å²) >= 11 is 0. The number of methoxy groups -OCH3 is 2. The summed E-state index contributed by atoms with van der Waals surface area (Å²) in [6.07, 6.45) is 2.66. The zero-order valence-corrected chi connectivity index (χ0v) is 19.8. The van der Waals surface area contributed by atoms with Gasteiger partial charge in [0.1, 0.15) is 23.0 Å². The van der Waals surface area contributed by atoms with Gasteiger partial charge in [0.2, 0.25) is 5.88 Å². The molecule has 1 aromatic carbocycles. The van der Waals surface area contributed by atoms with Crippen LogP contribution in [0, 0.1) is 0 Å². The van der Waals surface area contributed by atoms with Crippen molar-refractivity contribution in [3.05, 3.63) is 34.4 Å². The third-order valence-electron chi connectivity index (χ3n) is 5.86. The van der Waals surface area contributed by atoms with Crippen molar-refractivity contribution >= 4 is 9.84 Å². The maximum atomic E-state index is 13.7. The molecule has 0 unspecified atom stereocenters. The largest absolute Gasteiger partial charge is 0.494 e. The highest BCUT2D eigenvalue weighted by Crippen LogP contribution is 2.34. The number of hydrogen-bond donors (Lipinski definition) is 1. The molecule has 0 saturated carbocycles. The topological polar surface area (TPSA) is 111 Å². The molecule has 0 radical (unpaired) electrons. The second-order valence-corrected chi connectivity index (χ2v) is 10.1. The van der Waals surface area contributed by atoms with Gasteiger partial charge >= 0.3 is 0 Å². The van der Waals surface area contributed by atoms with Crippen LogP contribution in [0.2, 0.25) is 0 Å². The first kappa shape index (κ1) is 24.1. The maximum absolute atomic E-state index is 13.7. The van der Waals surface area contributed by atoms with Crippen LogP contribution in [-0.2, 0) is 16.3 Å². The summed E-state index contributed by atoms with van der Waals surface area (Å²) in [5.41, 5.74) is -0.578. The van der Waals surface area contributed by atoms with Gasteiger partial charge in [0.05, 0.1) is 19.5 Å². The molecule has 2 aromatic rings. The van der Waals surface area contributed by atoms with E-state index in [1.807, 2.05) is 18.9 Å². The quantitative estimate of drug-likeness (QED) is 0.631. The van der Waals surface area contributed by atoms with Crippen LogP contribution in [0.25, 0.3) is 5.69 Å². The summed E-state index contributed by atoms with van der Waals surface area (Å²) in [6.45, 7) is 3.19. The number of ether oxygens (including phenoxy) is 2. The lowest BCUT2D eigenvalue weighted by Crippen LogP contribution is -2.39. The number of unbranched alkanes of at least 4 members (excludes halogenated alkanes) is 1. The van der Waals surface area contributed by atoms with E-state index < -0.39 is 31.4 Å². The van der Waals surface area contributed by atoms with Gasteiger partial charge in [0.15, 0.2) is 14.7 Å². The van der Waals surface area contributed by atoms with Gasteiger partial charge in [0, 0.05) is 6.42 Å². The molecule has 1 aliphatic rings. The summed E-state index contributed by atoms with van der Waals surface area (Å²) in [7, 11) is 0.729. The van der Waals surface area contributed by atoms with Crippen LogP contribution in [0.1, 0.15) is 38.4 Å². The Kier molecular flexibility index (Phi) is 7.45. The Labute approximate surface area is 188 Å². The summed E-state index contributed by atoms with van der Waals surface area (Å²) in [5.74, 6) is 0.170. The number of hydrogen-bond acceptors (Lipinski definition) is 8. The number of benzene rings is 1. The van der Waals surface area contributed by atoms with Gasteiger partial charge in [-0.15, -0.1) is 0 Å². The molecule has 0 bridgehead atoms. The average Bonchev–Trinajstić information content (AvgIpc) is 2.77. The molecule has 1 aromatic heterocycles. The molecule has 10 heteroatoms. The van der Waals surface area contributed by atoms with Crippen LogP contribution in [0.3, 0.4) is 0 Å². The fraction of sp³-hybridized carbons (Fsp3) is 0.545. The first-order chi connectivity index (χ1) is 15.3. The van der Waals surface area contributed by atoms with E-state index in [9.17, 15) is 18.3 Å². The van der Waals surface area contributed by atoms with E-state index in [1.54, 1.807) is 18.2 Å². The number of rotatable bonds is 8. The highest BCUT2D eigenvalue weighted by molar-refractivity contribution is 7.92. The number of sulfone groups is 1. The van der Waals surface area contributed by atoms with Crippen LogP contribution < -0.4 is 15.0 Å². The van der Waals surface area contributed by atoms with Gasteiger partial charge in [-0.3, -0.25) is 9.36 Å². The van der Waals surface area contributed by atoms with Crippen molar-refractivity contribution in [2.75, 3.05) is 34.4 Å². The highest BCUT2D eigenvalue weighted by atomic mass is 32.2. The van der Waals surface area contributed by atoms with Crippen molar-refractivity contribution < 1.29 is 23.0 Å². The zero-order chi connectivity index (χ0) is 23.5. The number of aromatic hydroxyl groups is 1. The Morgan fingerprint density at radius 3 is 2.28 bits per heavy atom. The minimum atomic E-state index is -4.11. The van der Waals surface area contributed by atoms with E-state index in [0.29, 0.717) is 50.3 Å². The maximum Gasteiger partial charge on any atom is 0.281 e. The third kappa shape index (κ3) is 4.47. The lowest BCUT2D eigenvalue weighted by Gasteiger charge is -2.28. The van der Waals surface area contributed by atoms with Crippen molar-refractivity contribution in [2.45, 2.75) is 49.2 Å². The van der Waals surface area contributed by atoms with E-state index in [-0.39, 0.29) is 11.5 Å². The molecule has 0 atom stereocenters. The molecule has 2 heterocycles. The van der Waals surface area contributed by atoms with Crippen molar-refractivity contribution in [2.24, 2.45) is 0 Å². The standard InChI is InChI=1S/C22H31N3O6S/c1-5-6-10-18-23-21(26)20(32(28,29)15-11-13-24(2)14-12-15)22(27)25(18)19-16(30-3)8-7-9-17(19)31-4/h7-9,15,26H,5-6,10-14H2,1-4H3. The molecule has 9 nitrogen and oxygen atoms in total. The van der Waals surface area contributed by atoms with Gasteiger partial charge in [0.25, 0.3) is 5.56 Å². The fourth-order valence-electron chi connectivity index (χ4n) is 4.03. The van der Waals surface area contributed by atoms with Crippen molar-refractivity contribution in [3.63, 3.8) is 0 Å². The number of aryl methyl sites for hydroxylation is 1. The smallest absolute Gasteiger partial charge is 0.281 e. The summed E-state index contributed by atoms with van der Waals surface area (Å²) in [4.78, 5) is 19.3. The molecule has 0 amide bonds. The fourth-order valence-corrected chi connectivity index (χ4v) is 5.83. The number of piperidine rings is 1. The Bertz CT molecular complexity index is 1100. The van der Waals surface area contributed by atoms with Gasteiger partial charge < -0.3 is 19.5 Å². The van der Waals surface area contributed by atoms with E-state index in [0.717, 1.165) is 6.42 Å². The molecule has 3 rings (SSSR count). The average molecular weight is 466 g/mol. The Morgan fingerprint density at radius 1 is 1.16 bits per heavy atom. The van der Waals surface area contributed by atoms with E-state index in [2.05, 4.69) is 4.98 Å². The minimum Gasteiger partial charge on any atom is -0.494 e. The number of para-hydroxylation sites is 1. The van der Waals surface area contributed by atoms with Crippen molar-refractivity contribution in [3.8, 4) is 23.1 Å². The van der Waals surface area contributed by atoms with Crippen LogP contribution in [-0.4, -0.2) is 67.6 Å². The molecule has 1 aliphatic heterocycles. The van der Waals surface area contributed by atoms with Crippen LogP contribution in [0.15, 0.2) is 27.9 Å². The van der Waals surface area contributed by atoms with Gasteiger partial charge in [-0.2, -0.15) is 4.98 Å². The summed E-state index contributed by atoms with van der Waals surface area (Å²) in [5, 5.41) is 9.88. The predicted molar refractivity (Wildman–Crippen MR) is 121 cm³/mol.